The Morgan fingerprint density at radius 1 is 0.895 bits per heavy atom. The number of hydrogen-bond donors (Lipinski definition) is 2. The van der Waals surface area contributed by atoms with Crippen molar-refractivity contribution in [1.29, 1.82) is 0 Å². The average molecular weight is 266 g/mol. The fraction of sp³-hybridized carbons (Fsp3) is 0.0769. The van der Waals surface area contributed by atoms with Gasteiger partial charge in [-0.2, -0.15) is 13.2 Å². The van der Waals surface area contributed by atoms with Crippen LogP contribution >= 0.6 is 0 Å². The first-order valence-corrected chi connectivity index (χ1v) is 5.52. The molecule has 19 heavy (non-hydrogen) atoms. The maximum atomic E-state index is 13.0. The van der Waals surface area contributed by atoms with Crippen LogP contribution in [0.4, 0.5) is 13.2 Å². The number of benzene rings is 2. The van der Waals surface area contributed by atoms with Gasteiger partial charge >= 0.3 is 13.3 Å². The van der Waals surface area contributed by atoms with Crippen molar-refractivity contribution < 1.29 is 23.2 Å². The van der Waals surface area contributed by atoms with Crippen molar-refractivity contribution in [2.75, 3.05) is 0 Å². The van der Waals surface area contributed by atoms with E-state index < -0.39 is 18.9 Å². The van der Waals surface area contributed by atoms with E-state index in [0.29, 0.717) is 5.56 Å². The number of rotatable bonds is 2. The molecule has 2 nitrogen and oxygen atoms in total. The summed E-state index contributed by atoms with van der Waals surface area (Å²) in [4.78, 5) is 0. The van der Waals surface area contributed by atoms with E-state index in [2.05, 4.69) is 0 Å². The summed E-state index contributed by atoms with van der Waals surface area (Å²) in [7, 11) is -1.93. The van der Waals surface area contributed by atoms with Crippen LogP contribution in [0.1, 0.15) is 5.56 Å². The molecule has 0 amide bonds. The lowest BCUT2D eigenvalue weighted by atomic mass is 9.78. The topological polar surface area (TPSA) is 40.5 Å². The zero-order valence-corrected chi connectivity index (χ0v) is 9.72. The standard InChI is InChI=1S/C13H10BF3O2/c15-13(16,17)12-8-10(14(18)19)6-7-11(12)9-4-2-1-3-5-9/h1-8,18-19H. The van der Waals surface area contributed by atoms with Crippen LogP contribution in [0.15, 0.2) is 48.5 Å². The van der Waals surface area contributed by atoms with Gasteiger partial charge in [-0.15, -0.1) is 0 Å². The monoisotopic (exact) mass is 266 g/mol. The molecule has 0 spiro atoms. The van der Waals surface area contributed by atoms with E-state index in [-0.39, 0.29) is 11.0 Å². The molecule has 0 aliphatic rings. The summed E-state index contributed by atoms with van der Waals surface area (Å²) in [5.74, 6) is 0. The predicted molar refractivity (Wildman–Crippen MR) is 66.7 cm³/mol. The van der Waals surface area contributed by atoms with E-state index >= 15 is 0 Å². The molecule has 0 bridgehead atoms. The van der Waals surface area contributed by atoms with Crippen LogP contribution in [0.2, 0.25) is 0 Å². The van der Waals surface area contributed by atoms with Crippen molar-refractivity contribution in [3.05, 3.63) is 54.1 Å². The smallest absolute Gasteiger partial charge is 0.423 e. The molecule has 0 atom stereocenters. The molecule has 0 aromatic heterocycles. The third kappa shape index (κ3) is 2.97. The lowest BCUT2D eigenvalue weighted by Crippen LogP contribution is -2.31. The van der Waals surface area contributed by atoms with Gasteiger partial charge in [0.25, 0.3) is 0 Å². The molecule has 6 heteroatoms. The summed E-state index contributed by atoms with van der Waals surface area (Å²) >= 11 is 0. The molecule has 0 saturated heterocycles. The summed E-state index contributed by atoms with van der Waals surface area (Å²) < 4.78 is 39.0. The Hall–Kier alpha value is -1.79. The summed E-state index contributed by atoms with van der Waals surface area (Å²) in [5, 5.41) is 17.9. The van der Waals surface area contributed by atoms with Crippen LogP contribution in [0.5, 0.6) is 0 Å². The maximum Gasteiger partial charge on any atom is 0.488 e. The molecule has 2 aromatic carbocycles. The first kappa shape index (κ1) is 13.6. The van der Waals surface area contributed by atoms with E-state index in [1.165, 1.54) is 12.1 Å². The molecule has 0 radical (unpaired) electrons. The van der Waals surface area contributed by atoms with Crippen LogP contribution < -0.4 is 5.46 Å². The van der Waals surface area contributed by atoms with E-state index in [1.54, 1.807) is 30.3 Å². The quantitative estimate of drug-likeness (QED) is 0.817. The highest BCUT2D eigenvalue weighted by Crippen LogP contribution is 2.36. The highest BCUT2D eigenvalue weighted by Gasteiger charge is 2.34. The van der Waals surface area contributed by atoms with Crippen molar-refractivity contribution in [1.82, 2.24) is 0 Å². The second kappa shape index (κ2) is 5.07. The number of hydrogen-bond acceptors (Lipinski definition) is 2. The Bertz CT molecular complexity index is 568. The third-order valence-electron chi connectivity index (χ3n) is 2.73. The van der Waals surface area contributed by atoms with E-state index in [9.17, 15) is 13.2 Å². The van der Waals surface area contributed by atoms with Crippen LogP contribution in [-0.4, -0.2) is 17.2 Å². The minimum Gasteiger partial charge on any atom is -0.423 e. The van der Waals surface area contributed by atoms with Gasteiger partial charge in [0.05, 0.1) is 5.56 Å². The molecule has 98 valence electrons. The minimum absolute atomic E-state index is 0.0116. The van der Waals surface area contributed by atoms with Gasteiger partial charge in [0, 0.05) is 0 Å². The van der Waals surface area contributed by atoms with Gasteiger partial charge in [-0.1, -0.05) is 42.5 Å². The fourth-order valence-electron chi connectivity index (χ4n) is 1.83. The Kier molecular flexibility index (Phi) is 3.64. The summed E-state index contributed by atoms with van der Waals surface area (Å²) in [5.41, 5.74) is -0.636. The molecule has 0 unspecified atom stereocenters. The molecule has 0 heterocycles. The zero-order valence-electron chi connectivity index (χ0n) is 9.72. The van der Waals surface area contributed by atoms with E-state index in [0.717, 1.165) is 6.07 Å². The van der Waals surface area contributed by atoms with Crippen molar-refractivity contribution in [2.24, 2.45) is 0 Å². The maximum absolute atomic E-state index is 13.0. The molecule has 2 N–H and O–H groups in total. The zero-order chi connectivity index (χ0) is 14.0. The van der Waals surface area contributed by atoms with E-state index in [4.69, 9.17) is 10.0 Å². The second-order valence-corrected chi connectivity index (χ2v) is 4.04. The summed E-state index contributed by atoms with van der Waals surface area (Å²) in [6, 6.07) is 11.4. The molecular weight excluding hydrogens is 256 g/mol. The van der Waals surface area contributed by atoms with Gasteiger partial charge in [0.1, 0.15) is 0 Å². The Labute approximate surface area is 108 Å². The van der Waals surface area contributed by atoms with Gasteiger partial charge in [-0.3, -0.25) is 0 Å². The molecule has 0 saturated carbocycles. The van der Waals surface area contributed by atoms with Crippen molar-refractivity contribution >= 4 is 12.6 Å². The highest BCUT2D eigenvalue weighted by molar-refractivity contribution is 6.58. The summed E-state index contributed by atoms with van der Waals surface area (Å²) in [6.07, 6.45) is -4.56. The first-order chi connectivity index (χ1) is 8.89. The molecule has 2 aromatic rings. The van der Waals surface area contributed by atoms with Crippen LogP contribution in [0, 0.1) is 0 Å². The number of alkyl halides is 3. The van der Waals surface area contributed by atoms with Crippen LogP contribution in [-0.2, 0) is 6.18 Å². The van der Waals surface area contributed by atoms with E-state index in [1.807, 2.05) is 0 Å². The van der Waals surface area contributed by atoms with Crippen LogP contribution in [0.3, 0.4) is 0 Å². The second-order valence-electron chi connectivity index (χ2n) is 4.04. The molecule has 0 fully saturated rings. The minimum atomic E-state index is -4.56. The molecule has 2 rings (SSSR count). The summed E-state index contributed by atoms with van der Waals surface area (Å²) in [6.45, 7) is 0. The van der Waals surface area contributed by atoms with Gasteiger partial charge in [0.15, 0.2) is 0 Å². The lowest BCUT2D eigenvalue weighted by molar-refractivity contribution is -0.137. The largest absolute Gasteiger partial charge is 0.488 e. The van der Waals surface area contributed by atoms with Gasteiger partial charge in [0.2, 0.25) is 0 Å². The average Bonchev–Trinajstić information content (AvgIpc) is 2.38. The normalized spacial score (nSPS) is 11.4. The Balaban J connectivity index is 2.62. The Morgan fingerprint density at radius 3 is 2.05 bits per heavy atom. The first-order valence-electron chi connectivity index (χ1n) is 5.52. The highest BCUT2D eigenvalue weighted by atomic mass is 19.4. The van der Waals surface area contributed by atoms with Gasteiger partial charge < -0.3 is 10.0 Å². The van der Waals surface area contributed by atoms with Crippen LogP contribution in [0.25, 0.3) is 11.1 Å². The molecule has 0 aliphatic heterocycles. The Morgan fingerprint density at radius 2 is 1.53 bits per heavy atom. The molecular formula is C13H10BF3O2. The van der Waals surface area contributed by atoms with Crippen molar-refractivity contribution in [3.8, 4) is 11.1 Å². The van der Waals surface area contributed by atoms with Gasteiger partial charge in [-0.25, -0.2) is 0 Å². The van der Waals surface area contributed by atoms with Gasteiger partial charge in [-0.05, 0) is 22.7 Å². The third-order valence-corrected chi connectivity index (χ3v) is 2.73. The lowest BCUT2D eigenvalue weighted by Gasteiger charge is -2.14. The van der Waals surface area contributed by atoms with Crippen molar-refractivity contribution in [2.45, 2.75) is 6.18 Å². The predicted octanol–water partition coefficient (Wildman–Crippen LogP) is 2.05. The fourth-order valence-corrected chi connectivity index (χ4v) is 1.83. The number of halogens is 3. The SMILES string of the molecule is OB(O)c1ccc(-c2ccccc2)c(C(F)(F)F)c1. The van der Waals surface area contributed by atoms with Crippen molar-refractivity contribution in [3.63, 3.8) is 0 Å². The molecule has 0 aliphatic carbocycles.